The number of benzene rings is 1. The number of anilines is 1. The van der Waals surface area contributed by atoms with Gasteiger partial charge in [-0.15, -0.1) is 0 Å². The molecule has 0 fully saturated rings. The molecule has 0 unspecified atom stereocenters. The molecule has 6 nitrogen and oxygen atoms in total. The fourth-order valence-corrected chi connectivity index (χ4v) is 1.83. The molecule has 110 valence electrons. The van der Waals surface area contributed by atoms with Crippen molar-refractivity contribution in [2.45, 2.75) is 26.2 Å². The number of amides is 1. The summed E-state index contributed by atoms with van der Waals surface area (Å²) in [5, 5.41) is 2.62. The molecule has 0 aliphatic carbocycles. The SMILES string of the molecule is CC(C)(C)c1ccc(NC(=O)c2c[nH]c(=O)[nH]c2=O)cc1. The highest BCUT2D eigenvalue weighted by Gasteiger charge is 2.14. The number of rotatable bonds is 2. The molecule has 6 heteroatoms. The van der Waals surface area contributed by atoms with Crippen molar-refractivity contribution in [3.63, 3.8) is 0 Å². The third-order valence-corrected chi connectivity index (χ3v) is 3.07. The van der Waals surface area contributed by atoms with Crippen molar-refractivity contribution in [1.29, 1.82) is 0 Å². The Balaban J connectivity index is 2.20. The average Bonchev–Trinajstić information content (AvgIpc) is 2.38. The molecule has 2 aromatic rings. The molecule has 2 rings (SSSR count). The van der Waals surface area contributed by atoms with Gasteiger partial charge in [-0.25, -0.2) is 4.79 Å². The van der Waals surface area contributed by atoms with E-state index in [1.807, 2.05) is 17.1 Å². The van der Waals surface area contributed by atoms with E-state index >= 15 is 0 Å². The lowest BCUT2D eigenvalue weighted by Crippen LogP contribution is -2.29. The summed E-state index contributed by atoms with van der Waals surface area (Å²) in [5.41, 5.74) is 0.239. The van der Waals surface area contributed by atoms with Gasteiger partial charge in [0.1, 0.15) is 5.56 Å². The standard InChI is InChI=1S/C15H17N3O3/c1-15(2,3)9-4-6-10(7-5-9)17-12(19)11-8-16-14(21)18-13(11)20/h4-8H,1-3H3,(H,17,19)(H2,16,18,20,21). The largest absolute Gasteiger partial charge is 0.325 e. The number of hydrogen-bond donors (Lipinski definition) is 3. The van der Waals surface area contributed by atoms with Crippen molar-refractivity contribution < 1.29 is 4.79 Å². The zero-order chi connectivity index (χ0) is 15.6. The molecule has 0 atom stereocenters. The quantitative estimate of drug-likeness (QED) is 0.783. The van der Waals surface area contributed by atoms with E-state index in [4.69, 9.17) is 0 Å². The van der Waals surface area contributed by atoms with E-state index in [9.17, 15) is 14.4 Å². The molecule has 3 N–H and O–H groups in total. The fourth-order valence-electron chi connectivity index (χ4n) is 1.83. The highest BCUT2D eigenvalue weighted by Crippen LogP contribution is 2.23. The van der Waals surface area contributed by atoms with Gasteiger partial charge in [0.25, 0.3) is 11.5 Å². The number of carbonyl (C=O) groups excluding carboxylic acids is 1. The molecule has 1 aromatic carbocycles. The molecule has 0 aliphatic rings. The highest BCUT2D eigenvalue weighted by molar-refractivity contribution is 6.03. The summed E-state index contributed by atoms with van der Waals surface area (Å²) in [7, 11) is 0. The lowest BCUT2D eigenvalue weighted by atomic mass is 9.87. The molecule has 1 heterocycles. The van der Waals surface area contributed by atoms with Gasteiger partial charge in [-0.05, 0) is 23.1 Å². The summed E-state index contributed by atoms with van der Waals surface area (Å²) in [6, 6.07) is 7.40. The maximum absolute atomic E-state index is 12.0. The lowest BCUT2D eigenvalue weighted by Gasteiger charge is -2.19. The van der Waals surface area contributed by atoms with Crippen LogP contribution in [0.3, 0.4) is 0 Å². The Labute approximate surface area is 121 Å². The van der Waals surface area contributed by atoms with E-state index in [0.29, 0.717) is 5.69 Å². The third-order valence-electron chi connectivity index (χ3n) is 3.07. The van der Waals surface area contributed by atoms with Crippen LogP contribution in [0.4, 0.5) is 5.69 Å². The molecule has 0 saturated carbocycles. The minimum Gasteiger partial charge on any atom is -0.322 e. The molecule has 0 saturated heterocycles. The second kappa shape index (κ2) is 5.40. The fraction of sp³-hybridized carbons (Fsp3) is 0.267. The van der Waals surface area contributed by atoms with Gasteiger partial charge in [0.2, 0.25) is 0 Å². The van der Waals surface area contributed by atoms with E-state index in [1.165, 1.54) is 0 Å². The topological polar surface area (TPSA) is 94.8 Å². The Morgan fingerprint density at radius 3 is 2.24 bits per heavy atom. The first-order chi connectivity index (χ1) is 9.77. The Bertz CT molecular complexity index is 764. The van der Waals surface area contributed by atoms with Crippen LogP contribution in [0.2, 0.25) is 0 Å². The summed E-state index contributed by atoms with van der Waals surface area (Å²) >= 11 is 0. The number of carbonyl (C=O) groups is 1. The van der Waals surface area contributed by atoms with E-state index in [0.717, 1.165) is 11.8 Å². The number of hydrogen-bond acceptors (Lipinski definition) is 3. The third kappa shape index (κ3) is 3.47. The number of aromatic amines is 2. The van der Waals surface area contributed by atoms with Crippen LogP contribution in [0.1, 0.15) is 36.7 Å². The van der Waals surface area contributed by atoms with Crippen molar-refractivity contribution in [2.24, 2.45) is 0 Å². The van der Waals surface area contributed by atoms with Gasteiger partial charge in [-0.2, -0.15) is 0 Å². The Morgan fingerprint density at radius 2 is 1.71 bits per heavy atom. The summed E-state index contributed by atoms with van der Waals surface area (Å²) < 4.78 is 0. The zero-order valence-electron chi connectivity index (χ0n) is 12.1. The van der Waals surface area contributed by atoms with Gasteiger partial charge in [0.05, 0.1) is 0 Å². The van der Waals surface area contributed by atoms with Crippen LogP contribution >= 0.6 is 0 Å². The van der Waals surface area contributed by atoms with Crippen LogP contribution in [0.15, 0.2) is 40.1 Å². The summed E-state index contributed by atoms with van der Waals surface area (Å²) in [4.78, 5) is 38.7. The summed E-state index contributed by atoms with van der Waals surface area (Å²) in [6.07, 6.45) is 1.10. The molecular formula is C15H17N3O3. The van der Waals surface area contributed by atoms with Crippen molar-refractivity contribution in [1.82, 2.24) is 9.97 Å². The van der Waals surface area contributed by atoms with Crippen molar-refractivity contribution in [2.75, 3.05) is 5.32 Å². The Morgan fingerprint density at radius 1 is 1.10 bits per heavy atom. The minimum absolute atomic E-state index is 0.0264. The van der Waals surface area contributed by atoms with Crippen molar-refractivity contribution >= 4 is 11.6 Å². The van der Waals surface area contributed by atoms with Crippen molar-refractivity contribution in [3.8, 4) is 0 Å². The Kier molecular flexibility index (Phi) is 3.80. The van der Waals surface area contributed by atoms with Crippen LogP contribution in [0.5, 0.6) is 0 Å². The number of nitrogens with one attached hydrogen (secondary N) is 3. The Hall–Kier alpha value is -2.63. The first kappa shape index (κ1) is 14.8. The second-order valence-electron chi connectivity index (χ2n) is 5.77. The van der Waals surface area contributed by atoms with Crippen LogP contribution in [0, 0.1) is 0 Å². The second-order valence-corrected chi connectivity index (χ2v) is 5.77. The van der Waals surface area contributed by atoms with Crippen LogP contribution in [-0.4, -0.2) is 15.9 Å². The van der Waals surface area contributed by atoms with Gasteiger partial charge in [-0.1, -0.05) is 32.9 Å². The predicted octanol–water partition coefficient (Wildman–Crippen LogP) is 1.61. The van der Waals surface area contributed by atoms with E-state index in [1.54, 1.807) is 12.1 Å². The van der Waals surface area contributed by atoms with E-state index < -0.39 is 17.2 Å². The van der Waals surface area contributed by atoms with Gasteiger partial charge >= 0.3 is 5.69 Å². The predicted molar refractivity (Wildman–Crippen MR) is 80.8 cm³/mol. The maximum atomic E-state index is 12.0. The van der Waals surface area contributed by atoms with Gasteiger partial charge in [0.15, 0.2) is 0 Å². The molecule has 1 amide bonds. The van der Waals surface area contributed by atoms with E-state index in [-0.39, 0.29) is 11.0 Å². The summed E-state index contributed by atoms with van der Waals surface area (Å²) in [5.74, 6) is -0.573. The molecule has 0 spiro atoms. The van der Waals surface area contributed by atoms with Gasteiger partial charge in [0, 0.05) is 11.9 Å². The van der Waals surface area contributed by atoms with Crippen LogP contribution in [0.25, 0.3) is 0 Å². The average molecular weight is 287 g/mol. The molecular weight excluding hydrogens is 270 g/mol. The molecule has 1 aromatic heterocycles. The number of H-pyrrole nitrogens is 2. The highest BCUT2D eigenvalue weighted by atomic mass is 16.2. The van der Waals surface area contributed by atoms with Gasteiger partial charge in [-0.3, -0.25) is 14.6 Å². The van der Waals surface area contributed by atoms with Crippen LogP contribution in [-0.2, 0) is 5.41 Å². The monoisotopic (exact) mass is 287 g/mol. The van der Waals surface area contributed by atoms with Gasteiger partial charge < -0.3 is 10.3 Å². The van der Waals surface area contributed by atoms with Crippen molar-refractivity contribution in [3.05, 3.63) is 62.4 Å². The summed E-state index contributed by atoms with van der Waals surface area (Å²) in [6.45, 7) is 6.29. The maximum Gasteiger partial charge on any atom is 0.325 e. The molecule has 0 bridgehead atoms. The smallest absolute Gasteiger partial charge is 0.322 e. The normalized spacial score (nSPS) is 11.2. The lowest BCUT2D eigenvalue weighted by molar-refractivity contribution is 0.102. The van der Waals surface area contributed by atoms with E-state index in [2.05, 4.69) is 31.1 Å². The number of aromatic nitrogens is 2. The first-order valence-corrected chi connectivity index (χ1v) is 6.51. The molecule has 0 radical (unpaired) electrons. The zero-order valence-corrected chi connectivity index (χ0v) is 12.1. The van der Waals surface area contributed by atoms with Crippen LogP contribution < -0.4 is 16.6 Å². The molecule has 21 heavy (non-hydrogen) atoms. The molecule has 0 aliphatic heterocycles. The first-order valence-electron chi connectivity index (χ1n) is 6.51. The minimum atomic E-state index is -0.720.